The van der Waals surface area contributed by atoms with Gasteiger partial charge in [-0.15, -0.1) is 23.2 Å². The van der Waals surface area contributed by atoms with Gasteiger partial charge in [0.1, 0.15) is 16.7 Å². The number of amides is 2. The minimum atomic E-state index is -4.87. The second-order valence-electron chi connectivity index (χ2n) is 7.47. The molecule has 1 saturated carbocycles. The van der Waals surface area contributed by atoms with Crippen LogP contribution in [0.25, 0.3) is 0 Å². The molecule has 2 N–H and O–H groups in total. The molecule has 1 aliphatic carbocycles. The molecule has 2 amide bonds. The molecule has 0 unspecified atom stereocenters. The Bertz CT molecular complexity index is 1190. The highest BCUT2D eigenvalue weighted by molar-refractivity contribution is 6.53. The Kier molecular flexibility index (Phi) is 7.50. The Balaban J connectivity index is 1.83. The van der Waals surface area contributed by atoms with E-state index in [4.69, 9.17) is 46.4 Å². The van der Waals surface area contributed by atoms with Crippen molar-refractivity contribution in [3.8, 4) is 0 Å². The molecule has 2 aromatic rings. The van der Waals surface area contributed by atoms with Gasteiger partial charge in [-0.05, 0) is 35.9 Å². The summed E-state index contributed by atoms with van der Waals surface area (Å²) in [5.41, 5.74) is -2.42. The topological polar surface area (TPSA) is 58.2 Å². The van der Waals surface area contributed by atoms with E-state index in [-0.39, 0.29) is 10.7 Å². The molecule has 0 aliphatic heterocycles. The second kappa shape index (κ2) is 9.49. The summed E-state index contributed by atoms with van der Waals surface area (Å²) >= 11 is 23.6. The highest BCUT2D eigenvalue weighted by atomic mass is 35.5. The van der Waals surface area contributed by atoms with Crippen LogP contribution in [0.3, 0.4) is 0 Å². The van der Waals surface area contributed by atoms with Crippen molar-refractivity contribution in [2.24, 2.45) is 5.92 Å². The van der Waals surface area contributed by atoms with Gasteiger partial charge in [0.05, 0.1) is 27.1 Å². The van der Waals surface area contributed by atoms with Crippen LogP contribution >= 0.6 is 46.4 Å². The van der Waals surface area contributed by atoms with Gasteiger partial charge in [0.15, 0.2) is 0 Å². The van der Waals surface area contributed by atoms with Crippen LogP contribution in [-0.4, -0.2) is 28.9 Å². The van der Waals surface area contributed by atoms with Crippen LogP contribution < -0.4 is 10.6 Å². The number of hydrogen-bond acceptors (Lipinski definition) is 2. The van der Waals surface area contributed by atoms with E-state index in [1.807, 2.05) is 0 Å². The van der Waals surface area contributed by atoms with Gasteiger partial charge < -0.3 is 10.6 Å². The Morgan fingerprint density at radius 1 is 0.971 bits per heavy atom. The fourth-order valence-electron chi connectivity index (χ4n) is 3.31. The molecule has 1 fully saturated rings. The molecule has 2 aromatic carbocycles. The first kappa shape index (κ1) is 27.6. The van der Waals surface area contributed by atoms with E-state index in [0.29, 0.717) is 12.1 Å². The molecule has 35 heavy (non-hydrogen) atoms. The third-order valence-electron chi connectivity index (χ3n) is 4.98. The summed E-state index contributed by atoms with van der Waals surface area (Å²) in [6.45, 7) is -1.63. The van der Waals surface area contributed by atoms with E-state index in [1.54, 1.807) is 5.32 Å². The summed E-state index contributed by atoms with van der Waals surface area (Å²) in [7, 11) is 0. The number of benzene rings is 2. The average molecular weight is 586 g/mol. The summed E-state index contributed by atoms with van der Waals surface area (Å²) in [6.07, 6.45) is -9.55. The fraction of sp³-hybridized carbons (Fsp3) is 0.300. The van der Waals surface area contributed by atoms with Crippen molar-refractivity contribution in [1.29, 1.82) is 0 Å². The van der Waals surface area contributed by atoms with Gasteiger partial charge in [-0.2, -0.15) is 26.3 Å². The molecule has 1 aliphatic rings. The number of hydrogen-bond donors (Lipinski definition) is 2. The first-order valence-corrected chi connectivity index (χ1v) is 10.8. The lowest BCUT2D eigenvalue weighted by molar-refractivity contribution is -0.137. The summed E-state index contributed by atoms with van der Waals surface area (Å²) in [6, 6.07) is 4.11. The molecule has 0 radical (unpaired) electrons. The summed E-state index contributed by atoms with van der Waals surface area (Å²) in [4.78, 5) is 24.8. The normalized spacial score (nSPS) is 19.3. The third kappa shape index (κ3) is 6.07. The van der Waals surface area contributed by atoms with Gasteiger partial charge in [0, 0.05) is 11.6 Å². The van der Waals surface area contributed by atoms with E-state index < -0.39 is 74.4 Å². The van der Waals surface area contributed by atoms with E-state index in [1.165, 1.54) is 6.07 Å². The highest BCUT2D eigenvalue weighted by Gasteiger charge is 2.68. The molecule has 0 saturated heterocycles. The maximum Gasteiger partial charge on any atom is 0.416 e. The molecule has 15 heteroatoms. The Morgan fingerprint density at radius 2 is 1.60 bits per heavy atom. The number of rotatable bonds is 5. The van der Waals surface area contributed by atoms with Crippen molar-refractivity contribution in [1.82, 2.24) is 5.32 Å². The van der Waals surface area contributed by atoms with Crippen molar-refractivity contribution < 1.29 is 40.3 Å². The van der Waals surface area contributed by atoms with Crippen LogP contribution in [0.4, 0.5) is 36.4 Å². The SMILES string of the molecule is O=C(NCC(F)(F)F)c1cc(NC(=O)[C@H]2[C@@H](c3cc(C(F)(F)F)cc(Cl)c3F)C2(Cl)Cl)ccc1Cl. The predicted octanol–water partition coefficient (Wildman–Crippen LogP) is 6.97. The number of carbonyl (C=O) groups is 2. The molecule has 3 rings (SSSR count). The Hall–Kier alpha value is -1.95. The molecule has 2 atom stereocenters. The number of anilines is 1. The van der Waals surface area contributed by atoms with Gasteiger partial charge in [-0.25, -0.2) is 4.39 Å². The van der Waals surface area contributed by atoms with Crippen molar-refractivity contribution >= 4 is 63.9 Å². The third-order valence-corrected chi connectivity index (χ3v) is 6.53. The standard InChI is InChI=1S/C20H11Cl4F7N2O2/c21-11-2-1-8(5-9(11)16(34)32-6-18(26,27)28)33-17(35)14-13(19(14,23)24)10-3-7(20(29,30)31)4-12(22)15(10)25/h1-5,13-14H,6H2,(H,32,34)(H,33,35)/t13-,14-/m1/s1. The highest BCUT2D eigenvalue weighted by Crippen LogP contribution is 2.66. The van der Waals surface area contributed by atoms with Crippen molar-refractivity contribution in [3.05, 3.63) is 62.9 Å². The second-order valence-corrected chi connectivity index (χ2v) is 9.73. The van der Waals surface area contributed by atoms with Gasteiger partial charge >= 0.3 is 12.4 Å². The lowest BCUT2D eigenvalue weighted by atomic mass is 10.0. The van der Waals surface area contributed by atoms with Crippen LogP contribution in [0.1, 0.15) is 27.4 Å². The van der Waals surface area contributed by atoms with Crippen molar-refractivity contribution in [2.75, 3.05) is 11.9 Å². The number of nitrogens with one attached hydrogen (secondary N) is 2. The quantitative estimate of drug-likeness (QED) is 0.294. The van der Waals surface area contributed by atoms with E-state index in [9.17, 15) is 40.3 Å². The van der Waals surface area contributed by atoms with Crippen LogP contribution in [-0.2, 0) is 11.0 Å². The van der Waals surface area contributed by atoms with Gasteiger partial charge in [0.25, 0.3) is 5.91 Å². The minimum Gasteiger partial charge on any atom is -0.343 e. The molecular weight excluding hydrogens is 575 g/mol. The van der Waals surface area contributed by atoms with Gasteiger partial charge in [-0.3, -0.25) is 9.59 Å². The zero-order valence-electron chi connectivity index (χ0n) is 16.7. The lowest BCUT2D eigenvalue weighted by Crippen LogP contribution is -2.33. The first-order chi connectivity index (χ1) is 15.9. The molecule has 0 spiro atoms. The maximum absolute atomic E-state index is 14.5. The average Bonchev–Trinajstić information content (AvgIpc) is 3.29. The molecule has 0 bridgehead atoms. The van der Waals surface area contributed by atoms with E-state index >= 15 is 0 Å². The Labute approximate surface area is 212 Å². The number of carbonyl (C=O) groups excluding carboxylic acids is 2. The molecular formula is C20H11Cl4F7N2O2. The summed E-state index contributed by atoms with van der Waals surface area (Å²) in [5, 5.41) is 2.83. The molecule has 0 heterocycles. The zero-order chi connectivity index (χ0) is 26.5. The fourth-order valence-corrected chi connectivity index (χ4v) is 4.55. The molecule has 190 valence electrons. The molecule has 0 aromatic heterocycles. The largest absolute Gasteiger partial charge is 0.416 e. The first-order valence-electron chi connectivity index (χ1n) is 9.32. The van der Waals surface area contributed by atoms with E-state index in [2.05, 4.69) is 5.32 Å². The molecule has 4 nitrogen and oxygen atoms in total. The number of halogens is 11. The Morgan fingerprint density at radius 3 is 2.17 bits per heavy atom. The van der Waals surface area contributed by atoms with Gasteiger partial charge in [0.2, 0.25) is 5.91 Å². The minimum absolute atomic E-state index is 0.117. The maximum atomic E-state index is 14.5. The van der Waals surface area contributed by atoms with Gasteiger partial charge in [-0.1, -0.05) is 23.2 Å². The van der Waals surface area contributed by atoms with E-state index in [0.717, 1.165) is 12.1 Å². The smallest absolute Gasteiger partial charge is 0.343 e. The monoisotopic (exact) mass is 584 g/mol. The van der Waals surface area contributed by atoms with Crippen molar-refractivity contribution in [2.45, 2.75) is 22.6 Å². The van der Waals surface area contributed by atoms with Crippen LogP contribution in [0, 0.1) is 11.7 Å². The summed E-state index contributed by atoms with van der Waals surface area (Å²) < 4.78 is 88.9. The van der Waals surface area contributed by atoms with Crippen LogP contribution in [0.2, 0.25) is 10.0 Å². The summed E-state index contributed by atoms with van der Waals surface area (Å²) in [5.74, 6) is -6.22. The zero-order valence-corrected chi connectivity index (χ0v) is 19.7. The van der Waals surface area contributed by atoms with Crippen LogP contribution in [0.15, 0.2) is 30.3 Å². The van der Waals surface area contributed by atoms with Crippen molar-refractivity contribution in [3.63, 3.8) is 0 Å². The predicted molar refractivity (Wildman–Crippen MR) is 116 cm³/mol. The van der Waals surface area contributed by atoms with Crippen LogP contribution in [0.5, 0.6) is 0 Å². The number of alkyl halides is 8. The lowest BCUT2D eigenvalue weighted by Gasteiger charge is -2.12.